The summed E-state index contributed by atoms with van der Waals surface area (Å²) in [6.45, 7) is 13.0. The first kappa shape index (κ1) is 22.0. The van der Waals surface area contributed by atoms with Crippen molar-refractivity contribution in [2.75, 3.05) is 0 Å². The Morgan fingerprint density at radius 1 is 1.00 bits per heavy atom. The fraction of sp³-hybridized carbons (Fsp3) is 0.360. The maximum Gasteiger partial charge on any atom is 0.180 e. The van der Waals surface area contributed by atoms with E-state index < -0.39 is 11.6 Å². The van der Waals surface area contributed by atoms with Crippen LogP contribution in [0.4, 0.5) is 8.78 Å². The Morgan fingerprint density at radius 2 is 1.69 bits per heavy atom. The van der Waals surface area contributed by atoms with Gasteiger partial charge >= 0.3 is 0 Å². The number of imidazole rings is 1. The van der Waals surface area contributed by atoms with Crippen LogP contribution < -0.4 is 4.74 Å². The lowest BCUT2D eigenvalue weighted by atomic mass is 9.97. The molecule has 4 rings (SSSR count). The van der Waals surface area contributed by atoms with Gasteiger partial charge in [0.05, 0.1) is 22.6 Å². The molecule has 0 radical (unpaired) electrons. The van der Waals surface area contributed by atoms with Crippen molar-refractivity contribution in [2.45, 2.75) is 54.7 Å². The Labute approximate surface area is 186 Å². The summed E-state index contributed by atoms with van der Waals surface area (Å²) < 4.78 is 37.9. The molecule has 0 spiro atoms. The minimum atomic E-state index is -0.629. The van der Waals surface area contributed by atoms with Gasteiger partial charge in [-0.1, -0.05) is 26.8 Å². The van der Waals surface area contributed by atoms with E-state index in [0.717, 1.165) is 34.8 Å². The number of fused-ring (bicyclic) bond motifs is 1. The molecule has 0 unspecified atom stereocenters. The molecule has 0 atom stereocenters. The van der Waals surface area contributed by atoms with Crippen LogP contribution >= 0.6 is 0 Å². The molecule has 3 aromatic heterocycles. The minimum Gasteiger partial charge on any atom is -0.485 e. The van der Waals surface area contributed by atoms with Crippen LogP contribution in [0.5, 0.6) is 5.75 Å². The third-order valence-corrected chi connectivity index (χ3v) is 5.27. The van der Waals surface area contributed by atoms with Crippen LogP contribution in [0.25, 0.3) is 16.9 Å². The Balaban J connectivity index is 1.76. The van der Waals surface area contributed by atoms with Crippen molar-refractivity contribution in [1.82, 2.24) is 19.2 Å². The fourth-order valence-corrected chi connectivity index (χ4v) is 3.93. The van der Waals surface area contributed by atoms with Crippen molar-refractivity contribution in [3.63, 3.8) is 0 Å². The second-order valence-corrected chi connectivity index (χ2v) is 9.50. The molecule has 0 fully saturated rings. The van der Waals surface area contributed by atoms with Gasteiger partial charge in [0.15, 0.2) is 11.4 Å². The molecule has 1 aromatic carbocycles. The van der Waals surface area contributed by atoms with Crippen LogP contribution in [-0.4, -0.2) is 19.2 Å². The van der Waals surface area contributed by atoms with Gasteiger partial charge in [-0.05, 0) is 49.9 Å². The van der Waals surface area contributed by atoms with Gasteiger partial charge in [-0.3, -0.25) is 9.08 Å². The Kier molecular flexibility index (Phi) is 5.53. The van der Waals surface area contributed by atoms with Gasteiger partial charge in [0.25, 0.3) is 0 Å². The van der Waals surface area contributed by atoms with E-state index in [9.17, 15) is 8.78 Å². The van der Waals surface area contributed by atoms with Crippen LogP contribution in [0.3, 0.4) is 0 Å². The van der Waals surface area contributed by atoms with E-state index in [1.54, 1.807) is 0 Å². The lowest BCUT2D eigenvalue weighted by Gasteiger charge is -2.17. The topological polar surface area (TPSA) is 44.3 Å². The monoisotopic (exact) mass is 438 g/mol. The van der Waals surface area contributed by atoms with E-state index in [2.05, 4.69) is 27.0 Å². The molecule has 32 heavy (non-hydrogen) atoms. The predicted molar refractivity (Wildman–Crippen MR) is 121 cm³/mol. The van der Waals surface area contributed by atoms with E-state index >= 15 is 0 Å². The number of nitrogens with zero attached hydrogens (tertiary/aromatic N) is 4. The van der Waals surface area contributed by atoms with Gasteiger partial charge in [-0.25, -0.2) is 13.8 Å². The summed E-state index contributed by atoms with van der Waals surface area (Å²) in [6, 6.07) is 5.62. The summed E-state index contributed by atoms with van der Waals surface area (Å²) in [5.74, 6) is -0.784. The largest absolute Gasteiger partial charge is 0.485 e. The second kappa shape index (κ2) is 8.04. The van der Waals surface area contributed by atoms with E-state index in [1.807, 2.05) is 42.1 Å². The fourth-order valence-electron chi connectivity index (χ4n) is 3.93. The number of benzene rings is 1. The number of hydrogen-bond donors (Lipinski definition) is 0. The number of hydrogen-bond acceptors (Lipinski definition) is 3. The molecule has 0 aliphatic carbocycles. The summed E-state index contributed by atoms with van der Waals surface area (Å²) in [5.41, 5.74) is 5.22. The molecule has 0 N–H and O–H groups in total. The number of aromatic nitrogens is 4. The molecular weight excluding hydrogens is 410 g/mol. The van der Waals surface area contributed by atoms with Gasteiger partial charge in [-0.15, -0.1) is 0 Å². The summed E-state index contributed by atoms with van der Waals surface area (Å²) in [5, 5.41) is 4.70. The highest BCUT2D eigenvalue weighted by Crippen LogP contribution is 2.32. The average molecular weight is 439 g/mol. The van der Waals surface area contributed by atoms with Gasteiger partial charge in [-0.2, -0.15) is 5.10 Å². The normalized spacial score (nSPS) is 12.0. The molecule has 0 aliphatic heterocycles. The van der Waals surface area contributed by atoms with Crippen LogP contribution in [0.2, 0.25) is 0 Å². The lowest BCUT2D eigenvalue weighted by molar-refractivity contribution is 0.294. The van der Waals surface area contributed by atoms with E-state index in [-0.39, 0.29) is 17.6 Å². The van der Waals surface area contributed by atoms with Gasteiger partial charge < -0.3 is 4.74 Å². The first-order valence-corrected chi connectivity index (χ1v) is 10.6. The molecule has 0 saturated heterocycles. The highest BCUT2D eigenvalue weighted by molar-refractivity contribution is 5.71. The van der Waals surface area contributed by atoms with Crippen LogP contribution in [0, 0.1) is 37.8 Å². The lowest BCUT2D eigenvalue weighted by Crippen LogP contribution is -2.15. The molecule has 0 bridgehead atoms. The van der Waals surface area contributed by atoms with E-state index in [4.69, 9.17) is 14.8 Å². The third-order valence-electron chi connectivity index (χ3n) is 5.27. The second-order valence-electron chi connectivity index (χ2n) is 9.50. The summed E-state index contributed by atoms with van der Waals surface area (Å²) in [6.07, 6.45) is 4.04. The van der Waals surface area contributed by atoms with Crippen LogP contribution in [-0.2, 0) is 13.2 Å². The maximum absolute atomic E-state index is 14.0. The van der Waals surface area contributed by atoms with Crippen molar-refractivity contribution in [1.29, 1.82) is 0 Å². The first-order chi connectivity index (χ1) is 15.0. The quantitative estimate of drug-likeness (QED) is 0.382. The molecule has 3 heterocycles. The van der Waals surface area contributed by atoms with Crippen molar-refractivity contribution < 1.29 is 13.5 Å². The molecule has 7 heteroatoms. The van der Waals surface area contributed by atoms with Crippen molar-refractivity contribution in [3.8, 4) is 17.0 Å². The zero-order valence-corrected chi connectivity index (χ0v) is 19.3. The van der Waals surface area contributed by atoms with E-state index in [1.165, 1.54) is 18.2 Å². The third kappa shape index (κ3) is 4.24. The minimum absolute atomic E-state index is 0.101. The molecule has 168 valence electrons. The Bertz CT molecular complexity index is 1280. The highest BCUT2D eigenvalue weighted by Gasteiger charge is 2.21. The molecule has 4 aromatic rings. The number of halogens is 2. The van der Waals surface area contributed by atoms with Crippen LogP contribution in [0.15, 0.2) is 36.7 Å². The standard InChI is InChI=1S/C25H28F2N4O/c1-15-10-22(32-13-19-20(26)8-7-9-21(19)27)24-28-17(3)23(31(24)11-15)18-12-30(29-16(18)2)14-25(4,5)6/h7-12H,13-14H2,1-6H3. The van der Waals surface area contributed by atoms with Crippen molar-refractivity contribution in [3.05, 3.63) is 70.8 Å². The molecular formula is C25H28F2N4O. The van der Waals surface area contributed by atoms with Gasteiger partial charge in [0, 0.05) is 24.5 Å². The predicted octanol–water partition coefficient (Wildman–Crippen LogP) is 6.03. The van der Waals surface area contributed by atoms with Crippen molar-refractivity contribution >= 4 is 5.65 Å². The van der Waals surface area contributed by atoms with Gasteiger partial charge in [0.1, 0.15) is 18.2 Å². The Morgan fingerprint density at radius 3 is 2.34 bits per heavy atom. The van der Waals surface area contributed by atoms with E-state index in [0.29, 0.717) is 11.4 Å². The number of pyridine rings is 1. The van der Waals surface area contributed by atoms with Crippen LogP contribution in [0.1, 0.15) is 43.3 Å². The number of ether oxygens (including phenoxy) is 1. The first-order valence-electron chi connectivity index (χ1n) is 10.6. The summed E-state index contributed by atoms with van der Waals surface area (Å²) >= 11 is 0. The molecule has 5 nitrogen and oxygen atoms in total. The van der Waals surface area contributed by atoms with Crippen molar-refractivity contribution in [2.24, 2.45) is 5.41 Å². The van der Waals surface area contributed by atoms with Gasteiger partial charge in [0.2, 0.25) is 0 Å². The molecule has 0 amide bonds. The molecule has 0 aliphatic rings. The zero-order chi connectivity index (χ0) is 23.2. The Hall–Kier alpha value is -3.22. The summed E-state index contributed by atoms with van der Waals surface area (Å²) in [7, 11) is 0. The average Bonchev–Trinajstić information content (AvgIpc) is 3.18. The highest BCUT2D eigenvalue weighted by atomic mass is 19.1. The zero-order valence-electron chi connectivity index (χ0n) is 19.3. The smallest absolute Gasteiger partial charge is 0.180 e. The molecule has 0 saturated carbocycles. The summed E-state index contributed by atoms with van der Waals surface area (Å²) in [4.78, 5) is 4.73. The SMILES string of the molecule is Cc1cc(OCc2c(F)cccc2F)c2nc(C)c(-c3cn(CC(C)(C)C)nc3C)n2c1. The number of aryl methyl sites for hydroxylation is 3. The number of rotatable bonds is 5. The maximum atomic E-state index is 14.0.